The van der Waals surface area contributed by atoms with Crippen LogP contribution >= 0.6 is 11.8 Å². The summed E-state index contributed by atoms with van der Waals surface area (Å²) in [4.78, 5) is 18.3. The molecule has 1 atom stereocenters. The molecule has 17 heavy (non-hydrogen) atoms. The molecule has 0 saturated heterocycles. The van der Waals surface area contributed by atoms with Crippen LogP contribution in [0.5, 0.6) is 0 Å². The van der Waals surface area contributed by atoms with Gasteiger partial charge in [0.25, 0.3) is 5.56 Å². The van der Waals surface area contributed by atoms with Crippen molar-refractivity contribution in [3.63, 3.8) is 0 Å². The zero-order valence-electron chi connectivity index (χ0n) is 10.9. The van der Waals surface area contributed by atoms with E-state index in [0.717, 1.165) is 18.0 Å². The highest BCUT2D eigenvalue weighted by Crippen LogP contribution is 2.15. The fraction of sp³-hybridized carbons (Fsp3) is 0.667. The minimum atomic E-state index is -0.0760. The van der Waals surface area contributed by atoms with Crippen molar-refractivity contribution in [1.29, 1.82) is 0 Å². The first kappa shape index (κ1) is 14.3. The van der Waals surface area contributed by atoms with Gasteiger partial charge in [0.2, 0.25) is 0 Å². The van der Waals surface area contributed by atoms with Crippen molar-refractivity contribution in [1.82, 2.24) is 15.3 Å². The largest absolute Gasteiger partial charge is 0.314 e. The Balaban J connectivity index is 2.41. The van der Waals surface area contributed by atoms with Gasteiger partial charge in [0, 0.05) is 23.6 Å². The maximum absolute atomic E-state index is 11.2. The first-order valence-corrected chi connectivity index (χ1v) is 6.90. The summed E-state index contributed by atoms with van der Waals surface area (Å²) in [6.07, 6.45) is 0. The van der Waals surface area contributed by atoms with Gasteiger partial charge in [0.05, 0.1) is 0 Å². The summed E-state index contributed by atoms with van der Waals surface area (Å²) in [5, 5.41) is 4.11. The number of aryl methyl sites for hydroxylation is 1. The van der Waals surface area contributed by atoms with E-state index in [9.17, 15) is 4.79 Å². The number of aromatic nitrogens is 2. The second-order valence-corrected chi connectivity index (χ2v) is 5.68. The van der Waals surface area contributed by atoms with E-state index < -0.39 is 0 Å². The second-order valence-electron chi connectivity index (χ2n) is 4.67. The lowest BCUT2D eigenvalue weighted by atomic mass is 10.2. The number of nitrogens with one attached hydrogen (secondary N) is 2. The number of H-pyrrole nitrogens is 1. The third kappa shape index (κ3) is 5.89. The molecular formula is C12H21N3OS. The Bertz CT molecular complexity index is 403. The fourth-order valence-corrected chi connectivity index (χ4v) is 2.28. The van der Waals surface area contributed by atoms with E-state index in [0.29, 0.717) is 17.1 Å². The molecular weight excluding hydrogens is 234 g/mol. The maximum atomic E-state index is 11.2. The predicted molar refractivity (Wildman–Crippen MR) is 72.6 cm³/mol. The van der Waals surface area contributed by atoms with Gasteiger partial charge in [-0.05, 0) is 19.4 Å². The highest BCUT2D eigenvalue weighted by Gasteiger charge is 2.06. The molecule has 4 nitrogen and oxygen atoms in total. The van der Waals surface area contributed by atoms with Gasteiger partial charge in [-0.25, -0.2) is 4.98 Å². The molecule has 1 unspecified atom stereocenters. The first-order chi connectivity index (χ1) is 7.97. The monoisotopic (exact) mass is 255 g/mol. The van der Waals surface area contributed by atoms with Gasteiger partial charge >= 0.3 is 0 Å². The van der Waals surface area contributed by atoms with Gasteiger partial charge in [-0.15, -0.1) is 0 Å². The predicted octanol–water partition coefficient (Wildman–Crippen LogP) is 1.80. The molecule has 2 N–H and O–H groups in total. The standard InChI is InChI=1S/C12H21N3OS/c1-8(2)13-6-9(3)7-17-12-14-10(4)5-11(16)15-12/h5,8-9,13H,6-7H2,1-4H3,(H,14,15,16). The van der Waals surface area contributed by atoms with Crippen LogP contribution in [0.1, 0.15) is 26.5 Å². The van der Waals surface area contributed by atoms with Gasteiger partial charge in [-0.2, -0.15) is 0 Å². The zero-order chi connectivity index (χ0) is 12.8. The van der Waals surface area contributed by atoms with E-state index in [2.05, 4.69) is 36.1 Å². The first-order valence-electron chi connectivity index (χ1n) is 5.91. The van der Waals surface area contributed by atoms with Gasteiger partial charge in [-0.1, -0.05) is 32.5 Å². The van der Waals surface area contributed by atoms with Crippen molar-refractivity contribution in [2.75, 3.05) is 12.3 Å². The molecule has 1 aromatic heterocycles. The number of hydrogen-bond acceptors (Lipinski definition) is 4. The molecule has 1 heterocycles. The van der Waals surface area contributed by atoms with E-state index in [-0.39, 0.29) is 5.56 Å². The van der Waals surface area contributed by atoms with Crippen molar-refractivity contribution in [3.8, 4) is 0 Å². The van der Waals surface area contributed by atoms with Crippen LogP contribution in [0, 0.1) is 12.8 Å². The third-order valence-electron chi connectivity index (χ3n) is 2.23. The van der Waals surface area contributed by atoms with Crippen molar-refractivity contribution in [2.45, 2.75) is 38.9 Å². The number of aromatic amines is 1. The van der Waals surface area contributed by atoms with Crippen molar-refractivity contribution in [3.05, 3.63) is 22.1 Å². The Morgan fingerprint density at radius 2 is 2.18 bits per heavy atom. The molecule has 0 bridgehead atoms. The summed E-state index contributed by atoms with van der Waals surface area (Å²) in [6.45, 7) is 9.29. The second kappa shape index (κ2) is 6.81. The number of nitrogens with zero attached hydrogens (tertiary/aromatic N) is 1. The summed E-state index contributed by atoms with van der Waals surface area (Å²) < 4.78 is 0. The Labute approximate surface area is 107 Å². The van der Waals surface area contributed by atoms with Gasteiger partial charge in [0.15, 0.2) is 5.16 Å². The highest BCUT2D eigenvalue weighted by molar-refractivity contribution is 7.99. The topological polar surface area (TPSA) is 57.8 Å². The Morgan fingerprint density at radius 3 is 2.76 bits per heavy atom. The van der Waals surface area contributed by atoms with Crippen molar-refractivity contribution >= 4 is 11.8 Å². The summed E-state index contributed by atoms with van der Waals surface area (Å²) in [5.41, 5.74) is 0.692. The summed E-state index contributed by atoms with van der Waals surface area (Å²) in [5.74, 6) is 1.50. The lowest BCUT2D eigenvalue weighted by molar-refractivity contribution is 0.510. The van der Waals surface area contributed by atoms with E-state index >= 15 is 0 Å². The van der Waals surface area contributed by atoms with Crippen LogP contribution in [0.15, 0.2) is 16.0 Å². The molecule has 5 heteroatoms. The Hall–Kier alpha value is -0.810. The molecule has 0 radical (unpaired) electrons. The van der Waals surface area contributed by atoms with Crippen LogP contribution in [-0.4, -0.2) is 28.3 Å². The van der Waals surface area contributed by atoms with Gasteiger partial charge in [-0.3, -0.25) is 4.79 Å². The van der Waals surface area contributed by atoms with Crippen LogP contribution in [-0.2, 0) is 0 Å². The van der Waals surface area contributed by atoms with E-state index in [1.165, 1.54) is 6.07 Å². The number of hydrogen-bond donors (Lipinski definition) is 2. The van der Waals surface area contributed by atoms with Crippen LogP contribution in [0.25, 0.3) is 0 Å². The Morgan fingerprint density at radius 1 is 1.47 bits per heavy atom. The number of thioether (sulfide) groups is 1. The molecule has 0 aromatic carbocycles. The SMILES string of the molecule is Cc1cc(=O)[nH]c(SCC(C)CNC(C)C)n1. The molecule has 0 aliphatic carbocycles. The summed E-state index contributed by atoms with van der Waals surface area (Å²) >= 11 is 1.60. The molecule has 0 amide bonds. The maximum Gasteiger partial charge on any atom is 0.251 e. The lowest BCUT2D eigenvalue weighted by Gasteiger charge is -2.14. The van der Waals surface area contributed by atoms with Gasteiger partial charge < -0.3 is 10.3 Å². The van der Waals surface area contributed by atoms with Crippen LogP contribution in [0.4, 0.5) is 0 Å². The minimum Gasteiger partial charge on any atom is -0.314 e. The van der Waals surface area contributed by atoms with Crippen LogP contribution in [0.3, 0.4) is 0 Å². The molecule has 96 valence electrons. The van der Waals surface area contributed by atoms with Gasteiger partial charge in [0.1, 0.15) is 0 Å². The third-order valence-corrected chi connectivity index (χ3v) is 3.43. The van der Waals surface area contributed by atoms with Crippen molar-refractivity contribution < 1.29 is 0 Å². The van der Waals surface area contributed by atoms with Crippen LogP contribution < -0.4 is 10.9 Å². The molecule has 0 fully saturated rings. The van der Waals surface area contributed by atoms with Crippen LogP contribution in [0.2, 0.25) is 0 Å². The lowest BCUT2D eigenvalue weighted by Crippen LogP contribution is -2.28. The normalized spacial score (nSPS) is 13.0. The molecule has 0 aliphatic rings. The highest BCUT2D eigenvalue weighted by atomic mass is 32.2. The average Bonchev–Trinajstić information content (AvgIpc) is 2.22. The quantitative estimate of drug-likeness (QED) is 0.601. The number of rotatable bonds is 6. The molecule has 1 aromatic rings. The average molecular weight is 255 g/mol. The van der Waals surface area contributed by atoms with Crippen molar-refractivity contribution in [2.24, 2.45) is 5.92 Å². The Kier molecular flexibility index (Phi) is 5.71. The summed E-state index contributed by atoms with van der Waals surface area (Å²) in [7, 11) is 0. The van der Waals surface area contributed by atoms with E-state index in [1.54, 1.807) is 11.8 Å². The smallest absolute Gasteiger partial charge is 0.251 e. The fourth-order valence-electron chi connectivity index (χ4n) is 1.34. The summed E-state index contributed by atoms with van der Waals surface area (Å²) in [6, 6.07) is 2.02. The molecule has 1 rings (SSSR count). The molecule has 0 spiro atoms. The minimum absolute atomic E-state index is 0.0760. The van der Waals surface area contributed by atoms with E-state index in [4.69, 9.17) is 0 Å². The molecule has 0 saturated carbocycles. The molecule has 0 aliphatic heterocycles. The zero-order valence-corrected chi connectivity index (χ0v) is 11.7. The van der Waals surface area contributed by atoms with E-state index in [1.807, 2.05) is 6.92 Å².